The van der Waals surface area contributed by atoms with Crippen LogP contribution in [-0.2, 0) is 16.1 Å². The van der Waals surface area contributed by atoms with Crippen molar-refractivity contribution in [2.45, 2.75) is 76.7 Å². The number of hydrogen-bond donors (Lipinski definition) is 2. The van der Waals surface area contributed by atoms with Gasteiger partial charge in [-0.3, -0.25) is 9.59 Å². The van der Waals surface area contributed by atoms with E-state index in [9.17, 15) is 9.59 Å². The molecule has 0 aliphatic heterocycles. The highest BCUT2D eigenvalue weighted by atomic mass is 28.3. The number of benzene rings is 1. The van der Waals surface area contributed by atoms with Gasteiger partial charge in [-0.1, -0.05) is 83.0 Å². The van der Waals surface area contributed by atoms with Crippen LogP contribution in [0.5, 0.6) is 0 Å². The summed E-state index contributed by atoms with van der Waals surface area (Å²) in [5.74, 6) is 0.112. The molecular weight excluding hydrogens is 368 g/mol. The molecule has 0 aliphatic rings. The molecule has 0 bridgehead atoms. The number of carbonyl (C=O) groups is 2. The Kier molecular flexibility index (Phi) is 8.95. The van der Waals surface area contributed by atoms with E-state index in [-0.39, 0.29) is 22.9 Å². The van der Waals surface area contributed by atoms with Crippen molar-refractivity contribution in [3.05, 3.63) is 35.9 Å². The van der Waals surface area contributed by atoms with E-state index in [1.807, 2.05) is 30.3 Å². The van der Waals surface area contributed by atoms with Crippen LogP contribution in [0.4, 0.5) is 0 Å². The van der Waals surface area contributed by atoms with E-state index in [4.69, 9.17) is 0 Å². The molecule has 0 unspecified atom stereocenters. The Morgan fingerprint density at radius 2 is 1.33 bits per heavy atom. The lowest BCUT2D eigenvalue weighted by Gasteiger charge is -2.40. The van der Waals surface area contributed by atoms with Crippen LogP contribution in [0.15, 0.2) is 30.3 Å². The molecule has 0 saturated carbocycles. The Labute approximate surface area is 167 Å². The molecular formula is C21H38N2O2Si2. The van der Waals surface area contributed by atoms with Gasteiger partial charge in [0.15, 0.2) is 0 Å². The predicted molar refractivity (Wildman–Crippen MR) is 120 cm³/mol. The van der Waals surface area contributed by atoms with E-state index >= 15 is 0 Å². The van der Waals surface area contributed by atoms with Crippen molar-refractivity contribution in [3.8, 4) is 0 Å². The van der Waals surface area contributed by atoms with E-state index in [0.717, 1.165) is 18.4 Å². The van der Waals surface area contributed by atoms with Crippen molar-refractivity contribution in [1.29, 1.82) is 0 Å². The van der Waals surface area contributed by atoms with Crippen LogP contribution in [-0.4, -0.2) is 34.5 Å². The second-order valence-corrected chi connectivity index (χ2v) is 20.2. The monoisotopic (exact) mass is 406 g/mol. The Balaban J connectivity index is 3.04. The van der Waals surface area contributed by atoms with Crippen molar-refractivity contribution >= 4 is 28.0 Å². The Morgan fingerprint density at radius 1 is 0.852 bits per heavy atom. The van der Waals surface area contributed by atoms with Gasteiger partial charge in [-0.15, -0.1) is 0 Å². The van der Waals surface area contributed by atoms with E-state index in [2.05, 4.69) is 56.8 Å². The molecule has 0 spiro atoms. The van der Waals surface area contributed by atoms with Crippen LogP contribution in [0.25, 0.3) is 0 Å². The number of hydrogen-bond acceptors (Lipinski definition) is 2. The molecule has 0 aromatic heterocycles. The number of amides is 2. The summed E-state index contributed by atoms with van der Waals surface area (Å²) < 4.78 is 0. The maximum absolute atomic E-state index is 13.3. The van der Waals surface area contributed by atoms with Gasteiger partial charge in [-0.2, -0.15) is 0 Å². The summed E-state index contributed by atoms with van der Waals surface area (Å²) in [5, 5.41) is 6.23. The number of carbonyl (C=O) groups excluding carboxylic acids is 2. The smallest absolute Gasteiger partial charge is 0.221 e. The number of unbranched alkanes of at least 4 members (excludes halogenated alkanes) is 1. The van der Waals surface area contributed by atoms with Crippen LogP contribution in [0.1, 0.15) is 25.3 Å². The predicted octanol–water partition coefficient (Wildman–Crippen LogP) is 4.64. The Bertz CT molecular complexity index is 607. The summed E-state index contributed by atoms with van der Waals surface area (Å²) in [5.41, 5.74) is 0.670. The third-order valence-electron chi connectivity index (χ3n) is 4.90. The topological polar surface area (TPSA) is 58.2 Å². The number of nitrogens with one attached hydrogen (secondary N) is 2. The molecule has 2 N–H and O–H groups in total. The van der Waals surface area contributed by atoms with E-state index in [0.29, 0.717) is 13.1 Å². The van der Waals surface area contributed by atoms with Gasteiger partial charge < -0.3 is 10.6 Å². The third kappa shape index (κ3) is 7.62. The normalized spacial score (nSPS) is 14.3. The zero-order valence-electron chi connectivity index (χ0n) is 18.2. The fourth-order valence-corrected chi connectivity index (χ4v) is 10.6. The summed E-state index contributed by atoms with van der Waals surface area (Å²) in [4.78, 5) is 26.3. The van der Waals surface area contributed by atoms with Gasteiger partial charge in [0, 0.05) is 24.2 Å². The summed E-state index contributed by atoms with van der Waals surface area (Å²) >= 11 is 0. The van der Waals surface area contributed by atoms with Gasteiger partial charge in [0.25, 0.3) is 0 Å². The quantitative estimate of drug-likeness (QED) is 0.439. The van der Waals surface area contributed by atoms with Crippen LogP contribution in [0, 0.1) is 0 Å². The van der Waals surface area contributed by atoms with Crippen LogP contribution >= 0.6 is 0 Å². The van der Waals surface area contributed by atoms with Gasteiger partial charge in [0.05, 0.1) is 16.1 Å². The molecule has 2 amide bonds. The van der Waals surface area contributed by atoms with Gasteiger partial charge in [0.2, 0.25) is 11.8 Å². The van der Waals surface area contributed by atoms with Crippen LogP contribution < -0.4 is 10.6 Å². The van der Waals surface area contributed by atoms with Crippen molar-refractivity contribution in [1.82, 2.24) is 10.6 Å². The fraction of sp³-hybridized carbons (Fsp3) is 0.619. The minimum atomic E-state index is -1.91. The molecule has 0 fully saturated rings. The van der Waals surface area contributed by atoms with Crippen molar-refractivity contribution in [2.24, 2.45) is 0 Å². The highest BCUT2D eigenvalue weighted by molar-refractivity contribution is 6.87. The van der Waals surface area contributed by atoms with Crippen LogP contribution in [0.2, 0.25) is 50.4 Å². The first kappa shape index (κ1) is 23.6. The van der Waals surface area contributed by atoms with Gasteiger partial charge in [-0.05, 0) is 12.0 Å². The highest BCUT2D eigenvalue weighted by Crippen LogP contribution is 2.41. The fourth-order valence-electron chi connectivity index (χ4n) is 3.48. The SMILES string of the molecule is CCCCNC(=O)[C@H]([C@H](C(=O)NCc1ccccc1)[Si](C)(C)C)[Si](C)(C)C. The molecule has 1 aromatic carbocycles. The average Bonchev–Trinajstić information content (AvgIpc) is 2.56. The lowest BCUT2D eigenvalue weighted by molar-refractivity contribution is -0.126. The summed E-state index contributed by atoms with van der Waals surface area (Å²) in [7, 11) is -3.80. The lowest BCUT2D eigenvalue weighted by Crippen LogP contribution is -2.52. The standard InChI is InChI=1S/C21H38N2O2Si2/c1-8-9-15-22-20(24)18(26(2,3)4)19(27(5,6)7)21(25)23-16-17-13-11-10-12-14-17/h10-14,18-19H,8-9,15-16H2,1-7H3,(H,22,24)(H,23,25)/t18-,19+/m0/s1. The first-order chi connectivity index (χ1) is 12.5. The minimum absolute atomic E-state index is 0.0380. The van der Waals surface area contributed by atoms with Crippen LogP contribution in [0.3, 0.4) is 0 Å². The zero-order chi connectivity index (χ0) is 20.7. The molecule has 0 heterocycles. The average molecular weight is 407 g/mol. The molecule has 152 valence electrons. The van der Waals surface area contributed by atoms with Crippen molar-refractivity contribution in [2.75, 3.05) is 6.54 Å². The summed E-state index contributed by atoms with van der Waals surface area (Å²) in [6.45, 7) is 16.5. The van der Waals surface area contributed by atoms with Crippen molar-refractivity contribution in [3.63, 3.8) is 0 Å². The summed E-state index contributed by atoms with van der Waals surface area (Å²) in [6.07, 6.45) is 2.02. The second kappa shape index (κ2) is 10.2. The number of rotatable bonds is 10. The Morgan fingerprint density at radius 3 is 1.78 bits per heavy atom. The zero-order valence-corrected chi connectivity index (χ0v) is 20.2. The highest BCUT2D eigenvalue weighted by Gasteiger charge is 2.48. The van der Waals surface area contributed by atoms with Gasteiger partial charge in [0.1, 0.15) is 0 Å². The first-order valence-corrected chi connectivity index (χ1v) is 17.2. The molecule has 27 heavy (non-hydrogen) atoms. The van der Waals surface area contributed by atoms with E-state index < -0.39 is 16.1 Å². The molecule has 0 aliphatic carbocycles. The molecule has 2 atom stereocenters. The molecule has 1 aromatic rings. The first-order valence-electron chi connectivity index (χ1n) is 10.1. The lowest BCUT2D eigenvalue weighted by atomic mass is 10.2. The third-order valence-corrected chi connectivity index (χ3v) is 10.2. The molecule has 0 saturated heterocycles. The Hall–Kier alpha value is -1.41. The van der Waals surface area contributed by atoms with Gasteiger partial charge in [-0.25, -0.2) is 0 Å². The second-order valence-electron chi connectivity index (χ2n) is 9.54. The molecule has 4 nitrogen and oxygen atoms in total. The minimum Gasteiger partial charge on any atom is -0.356 e. The van der Waals surface area contributed by atoms with Crippen molar-refractivity contribution < 1.29 is 9.59 Å². The largest absolute Gasteiger partial charge is 0.356 e. The maximum Gasteiger partial charge on any atom is 0.221 e. The molecule has 0 radical (unpaired) electrons. The summed E-state index contributed by atoms with van der Waals surface area (Å²) in [6, 6.07) is 9.94. The van der Waals surface area contributed by atoms with E-state index in [1.54, 1.807) is 0 Å². The maximum atomic E-state index is 13.3. The molecule has 1 rings (SSSR count). The molecule has 6 heteroatoms. The van der Waals surface area contributed by atoms with Gasteiger partial charge >= 0.3 is 0 Å². The van der Waals surface area contributed by atoms with E-state index in [1.165, 1.54) is 0 Å².